The molecule has 0 amide bonds. The largest absolute Gasteiger partial charge is 0.493 e. The molecule has 180 valence electrons. The van der Waals surface area contributed by atoms with Crippen LogP contribution in [0.25, 0.3) is 11.1 Å². The molecule has 2 fully saturated rings. The SMILES string of the molecule is Cc1c(OCCCN2CCCC2)cccc1-c1cccc(OCCCN2CCOCC2)c1C. The molecule has 0 saturated carbocycles. The van der Waals surface area contributed by atoms with Crippen molar-refractivity contribution in [3.63, 3.8) is 0 Å². The highest BCUT2D eigenvalue weighted by molar-refractivity contribution is 5.74. The van der Waals surface area contributed by atoms with Crippen molar-refractivity contribution in [3.8, 4) is 22.6 Å². The molecular formula is C28H40N2O3. The van der Waals surface area contributed by atoms with Crippen LogP contribution in [0.3, 0.4) is 0 Å². The van der Waals surface area contributed by atoms with Crippen LogP contribution in [0.1, 0.15) is 36.8 Å². The number of likely N-dealkylation sites (tertiary alicyclic amines) is 1. The van der Waals surface area contributed by atoms with E-state index in [4.69, 9.17) is 14.2 Å². The molecule has 2 aromatic carbocycles. The Hall–Kier alpha value is -2.08. The van der Waals surface area contributed by atoms with Crippen molar-refractivity contribution in [1.29, 1.82) is 0 Å². The van der Waals surface area contributed by atoms with Gasteiger partial charge in [0.25, 0.3) is 0 Å². The van der Waals surface area contributed by atoms with Gasteiger partial charge in [0.1, 0.15) is 11.5 Å². The molecule has 2 heterocycles. The number of rotatable bonds is 11. The smallest absolute Gasteiger partial charge is 0.122 e. The maximum absolute atomic E-state index is 6.19. The fourth-order valence-corrected chi connectivity index (χ4v) is 4.90. The Balaban J connectivity index is 1.33. The van der Waals surface area contributed by atoms with Crippen molar-refractivity contribution in [2.45, 2.75) is 39.5 Å². The third-order valence-corrected chi connectivity index (χ3v) is 6.91. The Morgan fingerprint density at radius 3 is 1.70 bits per heavy atom. The van der Waals surface area contributed by atoms with Crippen LogP contribution in [0.5, 0.6) is 11.5 Å². The number of hydrogen-bond donors (Lipinski definition) is 0. The van der Waals surface area contributed by atoms with Gasteiger partial charge >= 0.3 is 0 Å². The molecule has 4 rings (SSSR count). The normalized spacial score (nSPS) is 17.4. The van der Waals surface area contributed by atoms with Gasteiger partial charge in [0, 0.05) is 26.2 Å². The summed E-state index contributed by atoms with van der Waals surface area (Å²) in [5, 5.41) is 0. The Morgan fingerprint density at radius 2 is 1.18 bits per heavy atom. The molecule has 0 aliphatic carbocycles. The molecule has 33 heavy (non-hydrogen) atoms. The molecule has 5 heteroatoms. The van der Waals surface area contributed by atoms with E-state index in [0.29, 0.717) is 0 Å². The molecule has 0 unspecified atom stereocenters. The van der Waals surface area contributed by atoms with Gasteiger partial charge in [-0.2, -0.15) is 0 Å². The van der Waals surface area contributed by atoms with E-state index in [1.165, 1.54) is 48.2 Å². The summed E-state index contributed by atoms with van der Waals surface area (Å²) in [7, 11) is 0. The molecule has 5 nitrogen and oxygen atoms in total. The van der Waals surface area contributed by atoms with Gasteiger partial charge in [-0.05, 0) is 87.0 Å². The lowest BCUT2D eigenvalue weighted by Crippen LogP contribution is -2.37. The predicted octanol–water partition coefficient (Wildman–Crippen LogP) is 4.94. The Morgan fingerprint density at radius 1 is 0.697 bits per heavy atom. The highest BCUT2D eigenvalue weighted by Crippen LogP contribution is 2.35. The maximum Gasteiger partial charge on any atom is 0.122 e. The van der Waals surface area contributed by atoms with Crippen molar-refractivity contribution in [1.82, 2.24) is 9.80 Å². The zero-order chi connectivity index (χ0) is 22.9. The van der Waals surface area contributed by atoms with Crippen molar-refractivity contribution in [3.05, 3.63) is 47.5 Å². The lowest BCUT2D eigenvalue weighted by atomic mass is 9.95. The van der Waals surface area contributed by atoms with Crippen LogP contribution in [-0.2, 0) is 4.74 Å². The molecule has 0 bridgehead atoms. The molecule has 0 aromatic heterocycles. The average Bonchev–Trinajstić information content (AvgIpc) is 3.36. The van der Waals surface area contributed by atoms with E-state index in [9.17, 15) is 0 Å². The van der Waals surface area contributed by atoms with Crippen LogP contribution in [0.15, 0.2) is 36.4 Å². The van der Waals surface area contributed by atoms with Crippen LogP contribution in [-0.4, -0.2) is 75.5 Å². The molecule has 0 spiro atoms. The van der Waals surface area contributed by atoms with Gasteiger partial charge in [-0.3, -0.25) is 4.90 Å². The van der Waals surface area contributed by atoms with Gasteiger partial charge in [-0.1, -0.05) is 24.3 Å². The summed E-state index contributed by atoms with van der Waals surface area (Å²) in [6.45, 7) is 14.3. The second-order valence-electron chi connectivity index (χ2n) is 9.26. The molecular weight excluding hydrogens is 412 g/mol. The molecule has 2 aromatic rings. The lowest BCUT2D eigenvalue weighted by Gasteiger charge is -2.26. The summed E-state index contributed by atoms with van der Waals surface area (Å²) >= 11 is 0. The highest BCUT2D eigenvalue weighted by atomic mass is 16.5. The van der Waals surface area contributed by atoms with E-state index in [0.717, 1.165) is 76.9 Å². The van der Waals surface area contributed by atoms with Crippen molar-refractivity contribution >= 4 is 0 Å². The number of hydrogen-bond acceptors (Lipinski definition) is 5. The van der Waals surface area contributed by atoms with Gasteiger partial charge < -0.3 is 19.1 Å². The van der Waals surface area contributed by atoms with E-state index in [-0.39, 0.29) is 0 Å². The first-order valence-electron chi connectivity index (χ1n) is 12.7. The second kappa shape index (κ2) is 12.4. The van der Waals surface area contributed by atoms with Gasteiger partial charge in [0.15, 0.2) is 0 Å². The Bertz CT molecular complexity index is 873. The van der Waals surface area contributed by atoms with E-state index in [1.807, 2.05) is 0 Å². The monoisotopic (exact) mass is 452 g/mol. The third-order valence-electron chi connectivity index (χ3n) is 6.91. The van der Waals surface area contributed by atoms with Gasteiger partial charge in [0.2, 0.25) is 0 Å². The summed E-state index contributed by atoms with van der Waals surface area (Å²) in [5.41, 5.74) is 4.84. The zero-order valence-electron chi connectivity index (χ0n) is 20.5. The van der Waals surface area contributed by atoms with Gasteiger partial charge in [-0.25, -0.2) is 0 Å². The van der Waals surface area contributed by atoms with E-state index >= 15 is 0 Å². The predicted molar refractivity (Wildman–Crippen MR) is 135 cm³/mol. The average molecular weight is 453 g/mol. The number of nitrogens with zero attached hydrogens (tertiary/aromatic N) is 2. The third kappa shape index (κ3) is 6.72. The molecule has 0 radical (unpaired) electrons. The number of benzene rings is 2. The maximum atomic E-state index is 6.19. The number of ether oxygens (including phenoxy) is 3. The van der Waals surface area contributed by atoms with E-state index in [1.54, 1.807) is 0 Å². The fourth-order valence-electron chi connectivity index (χ4n) is 4.90. The topological polar surface area (TPSA) is 34.2 Å². The summed E-state index contributed by atoms with van der Waals surface area (Å²) in [6.07, 6.45) is 4.80. The first-order valence-corrected chi connectivity index (χ1v) is 12.7. The Labute approximate surface area is 199 Å². The van der Waals surface area contributed by atoms with Crippen LogP contribution >= 0.6 is 0 Å². The quantitative estimate of drug-likeness (QED) is 0.451. The molecule has 2 saturated heterocycles. The summed E-state index contributed by atoms with van der Waals surface area (Å²) < 4.78 is 17.8. The summed E-state index contributed by atoms with van der Waals surface area (Å²) in [6, 6.07) is 12.8. The fraction of sp³-hybridized carbons (Fsp3) is 0.571. The lowest BCUT2D eigenvalue weighted by molar-refractivity contribution is 0.0358. The van der Waals surface area contributed by atoms with Gasteiger partial charge in [-0.15, -0.1) is 0 Å². The number of morpholine rings is 1. The zero-order valence-corrected chi connectivity index (χ0v) is 20.5. The van der Waals surface area contributed by atoms with Crippen LogP contribution in [0, 0.1) is 13.8 Å². The minimum absolute atomic E-state index is 0.737. The van der Waals surface area contributed by atoms with Crippen molar-refractivity contribution < 1.29 is 14.2 Å². The first-order chi connectivity index (χ1) is 16.2. The van der Waals surface area contributed by atoms with Crippen molar-refractivity contribution in [2.24, 2.45) is 0 Å². The van der Waals surface area contributed by atoms with Crippen LogP contribution < -0.4 is 9.47 Å². The standard InChI is InChI=1S/C28H40N2O3/c1-23-25(9-5-11-27(23)32-19-7-15-29-13-3-4-14-29)26-10-6-12-28(24(26)2)33-20-8-16-30-17-21-31-22-18-30/h5-6,9-12H,3-4,7-8,13-22H2,1-2H3. The molecule has 0 N–H and O–H groups in total. The second-order valence-corrected chi connectivity index (χ2v) is 9.26. The first kappa shape index (κ1) is 24.1. The van der Waals surface area contributed by atoms with Crippen LogP contribution in [0.2, 0.25) is 0 Å². The minimum Gasteiger partial charge on any atom is -0.493 e. The van der Waals surface area contributed by atoms with E-state index < -0.39 is 0 Å². The summed E-state index contributed by atoms with van der Waals surface area (Å²) in [4.78, 5) is 5.00. The molecule has 2 aliphatic heterocycles. The molecule has 2 aliphatic rings. The minimum atomic E-state index is 0.737. The van der Waals surface area contributed by atoms with E-state index in [2.05, 4.69) is 60.0 Å². The Kier molecular flexibility index (Phi) is 9.04. The van der Waals surface area contributed by atoms with Gasteiger partial charge in [0.05, 0.1) is 26.4 Å². The summed E-state index contributed by atoms with van der Waals surface area (Å²) in [5.74, 6) is 1.97. The van der Waals surface area contributed by atoms with Crippen molar-refractivity contribution in [2.75, 3.05) is 65.7 Å². The van der Waals surface area contributed by atoms with Crippen LogP contribution in [0.4, 0.5) is 0 Å². The highest BCUT2D eigenvalue weighted by Gasteiger charge is 2.14. The molecule has 0 atom stereocenters.